The molecule has 1 aliphatic heterocycles. The van der Waals surface area contributed by atoms with Gasteiger partial charge in [-0.2, -0.15) is 0 Å². The third kappa shape index (κ3) is 5.08. The van der Waals surface area contributed by atoms with Gasteiger partial charge in [0, 0.05) is 6.54 Å². The van der Waals surface area contributed by atoms with Crippen molar-refractivity contribution in [3.05, 3.63) is 42.5 Å². The van der Waals surface area contributed by atoms with Gasteiger partial charge in [-0.15, -0.1) is 6.58 Å². The van der Waals surface area contributed by atoms with Crippen LogP contribution in [0.5, 0.6) is 5.75 Å². The summed E-state index contributed by atoms with van der Waals surface area (Å²) in [7, 11) is 1.67. The van der Waals surface area contributed by atoms with E-state index in [0.717, 1.165) is 24.4 Å². The number of hydrogen-bond donors (Lipinski definition) is 1. The molecule has 2 rings (SSSR count). The van der Waals surface area contributed by atoms with Gasteiger partial charge in [-0.1, -0.05) is 18.2 Å². The summed E-state index contributed by atoms with van der Waals surface area (Å²) in [6.07, 6.45) is 3.57. The van der Waals surface area contributed by atoms with Crippen LogP contribution in [0.15, 0.2) is 36.9 Å². The third-order valence-corrected chi connectivity index (χ3v) is 4.36. The molecule has 1 fully saturated rings. The molecule has 1 aromatic carbocycles. The summed E-state index contributed by atoms with van der Waals surface area (Å²) in [6, 6.07) is 8.23. The molecule has 0 spiro atoms. The lowest BCUT2D eigenvalue weighted by atomic mass is 10.0. The maximum Gasteiger partial charge on any atom is 0.248 e. The average molecular weight is 332 g/mol. The van der Waals surface area contributed by atoms with E-state index in [4.69, 9.17) is 9.47 Å². The van der Waals surface area contributed by atoms with Crippen molar-refractivity contribution < 1.29 is 14.3 Å². The van der Waals surface area contributed by atoms with E-state index in [-0.39, 0.29) is 11.9 Å². The van der Waals surface area contributed by atoms with Gasteiger partial charge in [-0.3, -0.25) is 9.69 Å². The molecule has 0 radical (unpaired) electrons. The number of benzene rings is 1. The van der Waals surface area contributed by atoms with Gasteiger partial charge in [-0.05, 0) is 50.6 Å². The Kier molecular flexibility index (Phi) is 7.28. The van der Waals surface area contributed by atoms with Crippen molar-refractivity contribution in [3.63, 3.8) is 0 Å². The molecule has 1 heterocycles. The first-order valence-electron chi connectivity index (χ1n) is 8.54. The molecular weight excluding hydrogens is 304 g/mol. The van der Waals surface area contributed by atoms with Crippen LogP contribution in [0.2, 0.25) is 0 Å². The zero-order valence-corrected chi connectivity index (χ0v) is 14.7. The van der Waals surface area contributed by atoms with E-state index in [0.29, 0.717) is 13.2 Å². The SMILES string of the molecule is C=CCO[C@H](C)C(=O)NC[C@@H](c1cccc(OC)c1)N1CCCC1. The first-order chi connectivity index (χ1) is 11.7. The zero-order chi connectivity index (χ0) is 17.4. The number of rotatable bonds is 9. The number of methoxy groups -OCH3 is 1. The number of carbonyl (C=O) groups excluding carboxylic acids is 1. The number of likely N-dealkylation sites (tertiary alicyclic amines) is 1. The summed E-state index contributed by atoms with van der Waals surface area (Å²) < 4.78 is 10.7. The van der Waals surface area contributed by atoms with Gasteiger partial charge in [0.2, 0.25) is 5.91 Å². The highest BCUT2D eigenvalue weighted by atomic mass is 16.5. The van der Waals surface area contributed by atoms with E-state index >= 15 is 0 Å². The fourth-order valence-corrected chi connectivity index (χ4v) is 2.99. The summed E-state index contributed by atoms with van der Waals surface area (Å²) in [6.45, 7) is 8.41. The Morgan fingerprint density at radius 3 is 2.83 bits per heavy atom. The van der Waals surface area contributed by atoms with Gasteiger partial charge in [0.25, 0.3) is 0 Å². The summed E-state index contributed by atoms with van der Waals surface area (Å²) in [4.78, 5) is 14.6. The fourth-order valence-electron chi connectivity index (χ4n) is 2.99. The Labute approximate surface area is 144 Å². The average Bonchev–Trinajstić information content (AvgIpc) is 3.14. The lowest BCUT2D eigenvalue weighted by Crippen LogP contribution is -2.41. The standard InChI is InChI=1S/C19H28N2O3/c1-4-12-24-15(2)19(22)20-14-18(21-10-5-6-11-21)16-8-7-9-17(13-16)23-3/h4,7-9,13,15,18H,1,5-6,10-12,14H2,2-3H3,(H,20,22)/t15-,18+/m1/s1. The van der Waals surface area contributed by atoms with Crippen molar-refractivity contribution in [2.75, 3.05) is 33.4 Å². The molecule has 1 aromatic rings. The predicted molar refractivity (Wildman–Crippen MR) is 95.2 cm³/mol. The molecule has 1 saturated heterocycles. The Bertz CT molecular complexity index is 541. The number of amides is 1. The molecule has 0 aliphatic carbocycles. The van der Waals surface area contributed by atoms with Gasteiger partial charge < -0.3 is 14.8 Å². The molecule has 0 unspecified atom stereocenters. The quantitative estimate of drug-likeness (QED) is 0.706. The van der Waals surface area contributed by atoms with Gasteiger partial charge in [-0.25, -0.2) is 0 Å². The monoisotopic (exact) mass is 332 g/mol. The zero-order valence-electron chi connectivity index (χ0n) is 14.7. The minimum absolute atomic E-state index is 0.0936. The Morgan fingerprint density at radius 2 is 2.17 bits per heavy atom. The maximum absolute atomic E-state index is 12.2. The van der Waals surface area contributed by atoms with Crippen molar-refractivity contribution in [2.45, 2.75) is 31.9 Å². The second kappa shape index (κ2) is 9.45. The fraction of sp³-hybridized carbons (Fsp3) is 0.526. The number of nitrogens with zero attached hydrogens (tertiary/aromatic N) is 1. The van der Waals surface area contributed by atoms with Crippen molar-refractivity contribution in [1.29, 1.82) is 0 Å². The van der Waals surface area contributed by atoms with Crippen molar-refractivity contribution >= 4 is 5.91 Å². The molecular formula is C19H28N2O3. The number of hydrogen-bond acceptors (Lipinski definition) is 4. The van der Waals surface area contributed by atoms with Crippen LogP contribution >= 0.6 is 0 Å². The van der Waals surface area contributed by atoms with Crippen LogP contribution < -0.4 is 10.1 Å². The van der Waals surface area contributed by atoms with Crippen LogP contribution in [0, 0.1) is 0 Å². The second-order valence-corrected chi connectivity index (χ2v) is 6.04. The first kappa shape index (κ1) is 18.5. The number of carbonyl (C=O) groups is 1. The van der Waals surface area contributed by atoms with Crippen LogP contribution in [-0.4, -0.2) is 50.3 Å². The van der Waals surface area contributed by atoms with E-state index in [2.05, 4.69) is 22.9 Å². The maximum atomic E-state index is 12.2. The molecule has 0 saturated carbocycles. The molecule has 5 nitrogen and oxygen atoms in total. The Hall–Kier alpha value is -1.85. The van der Waals surface area contributed by atoms with Gasteiger partial charge in [0.1, 0.15) is 11.9 Å². The van der Waals surface area contributed by atoms with E-state index in [1.807, 2.05) is 18.2 Å². The molecule has 2 atom stereocenters. The number of ether oxygens (including phenoxy) is 2. The van der Waals surface area contributed by atoms with Crippen LogP contribution in [0.4, 0.5) is 0 Å². The minimum Gasteiger partial charge on any atom is -0.497 e. The lowest BCUT2D eigenvalue weighted by Gasteiger charge is -2.29. The van der Waals surface area contributed by atoms with Crippen molar-refractivity contribution in [3.8, 4) is 5.75 Å². The van der Waals surface area contributed by atoms with Crippen molar-refractivity contribution in [2.24, 2.45) is 0 Å². The number of nitrogens with one attached hydrogen (secondary N) is 1. The molecule has 5 heteroatoms. The lowest BCUT2D eigenvalue weighted by molar-refractivity contribution is -0.131. The van der Waals surface area contributed by atoms with E-state index in [9.17, 15) is 4.79 Å². The normalized spacial score (nSPS) is 17.2. The van der Waals surface area contributed by atoms with Crippen LogP contribution in [0.25, 0.3) is 0 Å². The Morgan fingerprint density at radius 1 is 1.42 bits per heavy atom. The van der Waals surface area contributed by atoms with Crippen LogP contribution in [-0.2, 0) is 9.53 Å². The molecule has 24 heavy (non-hydrogen) atoms. The van der Waals surface area contributed by atoms with Gasteiger partial charge in [0.05, 0.1) is 19.8 Å². The van der Waals surface area contributed by atoms with Gasteiger partial charge >= 0.3 is 0 Å². The van der Waals surface area contributed by atoms with E-state index in [1.54, 1.807) is 20.1 Å². The highest BCUT2D eigenvalue weighted by Gasteiger charge is 2.25. The minimum atomic E-state index is -0.479. The second-order valence-electron chi connectivity index (χ2n) is 6.04. The van der Waals surface area contributed by atoms with E-state index in [1.165, 1.54) is 12.8 Å². The topological polar surface area (TPSA) is 50.8 Å². The molecule has 1 amide bonds. The largest absolute Gasteiger partial charge is 0.497 e. The summed E-state index contributed by atoms with van der Waals surface area (Å²) in [5.41, 5.74) is 1.16. The molecule has 1 N–H and O–H groups in total. The molecule has 0 bridgehead atoms. The first-order valence-corrected chi connectivity index (χ1v) is 8.54. The summed E-state index contributed by atoms with van der Waals surface area (Å²) in [5.74, 6) is 0.745. The van der Waals surface area contributed by atoms with Crippen LogP contribution in [0.3, 0.4) is 0 Å². The van der Waals surface area contributed by atoms with Crippen LogP contribution in [0.1, 0.15) is 31.4 Å². The third-order valence-electron chi connectivity index (χ3n) is 4.36. The molecule has 1 aliphatic rings. The smallest absolute Gasteiger partial charge is 0.248 e. The highest BCUT2D eigenvalue weighted by molar-refractivity contribution is 5.80. The van der Waals surface area contributed by atoms with E-state index < -0.39 is 6.10 Å². The van der Waals surface area contributed by atoms with Gasteiger partial charge in [0.15, 0.2) is 0 Å². The molecule has 132 valence electrons. The highest BCUT2D eigenvalue weighted by Crippen LogP contribution is 2.27. The summed E-state index contributed by atoms with van der Waals surface area (Å²) in [5, 5.41) is 3.02. The van der Waals surface area contributed by atoms with Crippen molar-refractivity contribution in [1.82, 2.24) is 10.2 Å². The Balaban J connectivity index is 2.03. The summed E-state index contributed by atoms with van der Waals surface area (Å²) >= 11 is 0. The molecule has 0 aromatic heterocycles. The predicted octanol–water partition coefficient (Wildman–Crippen LogP) is 2.54.